The van der Waals surface area contributed by atoms with E-state index in [1.165, 1.54) is 0 Å². The Morgan fingerprint density at radius 3 is 2.24 bits per heavy atom. The number of hydrazine groups is 1. The SMILES string of the molecule is CCc1nc(NN)c(C)c(N2CCN(C(C)(C)C)CC2)n1. The molecule has 0 aliphatic carbocycles. The van der Waals surface area contributed by atoms with E-state index in [0.717, 1.165) is 55.6 Å². The van der Waals surface area contributed by atoms with Gasteiger partial charge in [-0.05, 0) is 27.7 Å². The molecule has 0 amide bonds. The van der Waals surface area contributed by atoms with Gasteiger partial charge in [-0.1, -0.05) is 6.92 Å². The third kappa shape index (κ3) is 3.44. The Labute approximate surface area is 127 Å². The highest BCUT2D eigenvalue weighted by atomic mass is 15.3. The first-order valence-corrected chi connectivity index (χ1v) is 7.71. The van der Waals surface area contributed by atoms with E-state index in [1.54, 1.807) is 0 Å². The molecule has 0 bridgehead atoms. The number of nitrogen functional groups attached to an aromatic ring is 1. The summed E-state index contributed by atoms with van der Waals surface area (Å²) in [5.41, 5.74) is 3.95. The van der Waals surface area contributed by atoms with Gasteiger partial charge in [-0.15, -0.1) is 0 Å². The number of nitrogens with two attached hydrogens (primary N) is 1. The molecule has 2 rings (SSSR count). The van der Waals surface area contributed by atoms with Crippen LogP contribution in [0.3, 0.4) is 0 Å². The van der Waals surface area contributed by atoms with E-state index in [2.05, 4.69) is 47.9 Å². The molecule has 0 atom stereocenters. The number of nitrogens with one attached hydrogen (secondary N) is 1. The molecule has 1 aromatic heterocycles. The number of rotatable bonds is 3. The van der Waals surface area contributed by atoms with Crippen LogP contribution in [0.4, 0.5) is 11.6 Å². The van der Waals surface area contributed by atoms with Crippen LogP contribution in [0.25, 0.3) is 0 Å². The molecule has 1 aromatic rings. The van der Waals surface area contributed by atoms with Crippen molar-refractivity contribution in [2.24, 2.45) is 5.84 Å². The van der Waals surface area contributed by atoms with Crippen molar-refractivity contribution in [3.8, 4) is 0 Å². The van der Waals surface area contributed by atoms with Gasteiger partial charge in [-0.25, -0.2) is 15.8 Å². The van der Waals surface area contributed by atoms with Crippen LogP contribution in [-0.4, -0.2) is 46.6 Å². The van der Waals surface area contributed by atoms with Crippen LogP contribution in [0, 0.1) is 6.92 Å². The van der Waals surface area contributed by atoms with E-state index in [9.17, 15) is 0 Å². The molecular formula is C15H28N6. The maximum atomic E-state index is 5.58. The Kier molecular flexibility index (Phi) is 4.68. The number of aryl methyl sites for hydroxylation is 1. The Balaban J connectivity index is 2.20. The van der Waals surface area contributed by atoms with Gasteiger partial charge in [0.15, 0.2) is 0 Å². The normalized spacial score (nSPS) is 17.1. The second-order valence-corrected chi connectivity index (χ2v) is 6.58. The summed E-state index contributed by atoms with van der Waals surface area (Å²) in [5.74, 6) is 8.17. The van der Waals surface area contributed by atoms with Crippen molar-refractivity contribution in [1.82, 2.24) is 14.9 Å². The lowest BCUT2D eigenvalue weighted by Crippen LogP contribution is -2.53. The summed E-state index contributed by atoms with van der Waals surface area (Å²) in [5, 5.41) is 0. The molecule has 3 N–H and O–H groups in total. The fourth-order valence-electron chi connectivity index (χ4n) is 2.75. The lowest BCUT2D eigenvalue weighted by Gasteiger charge is -2.43. The van der Waals surface area contributed by atoms with Gasteiger partial charge in [-0.2, -0.15) is 0 Å². The molecule has 0 radical (unpaired) electrons. The number of aromatic nitrogens is 2. The van der Waals surface area contributed by atoms with Crippen LogP contribution in [-0.2, 0) is 6.42 Å². The first-order chi connectivity index (χ1) is 9.86. The molecule has 0 aromatic carbocycles. The third-order valence-corrected chi connectivity index (χ3v) is 4.15. The van der Waals surface area contributed by atoms with Gasteiger partial charge in [0, 0.05) is 43.7 Å². The average molecular weight is 292 g/mol. The van der Waals surface area contributed by atoms with Crippen LogP contribution in [0.2, 0.25) is 0 Å². The Morgan fingerprint density at radius 2 is 1.76 bits per heavy atom. The molecule has 118 valence electrons. The zero-order valence-corrected chi connectivity index (χ0v) is 13.9. The molecule has 21 heavy (non-hydrogen) atoms. The van der Waals surface area contributed by atoms with Crippen molar-refractivity contribution < 1.29 is 0 Å². The van der Waals surface area contributed by atoms with Gasteiger partial charge < -0.3 is 10.3 Å². The highest BCUT2D eigenvalue weighted by Gasteiger charge is 2.27. The molecule has 6 nitrogen and oxygen atoms in total. The summed E-state index contributed by atoms with van der Waals surface area (Å²) in [6.07, 6.45) is 0.809. The summed E-state index contributed by atoms with van der Waals surface area (Å²) in [4.78, 5) is 14.0. The molecule has 1 aliphatic rings. The predicted octanol–water partition coefficient (Wildman–Crippen LogP) is 1.55. The molecule has 0 saturated carbocycles. The maximum Gasteiger partial charge on any atom is 0.148 e. The predicted molar refractivity (Wildman–Crippen MR) is 87.5 cm³/mol. The molecule has 1 fully saturated rings. The van der Waals surface area contributed by atoms with Crippen molar-refractivity contribution >= 4 is 11.6 Å². The summed E-state index contributed by atoms with van der Waals surface area (Å²) in [6.45, 7) is 15.0. The summed E-state index contributed by atoms with van der Waals surface area (Å²) in [6, 6.07) is 0. The highest BCUT2D eigenvalue weighted by Crippen LogP contribution is 2.25. The minimum absolute atomic E-state index is 0.228. The highest BCUT2D eigenvalue weighted by molar-refractivity contribution is 5.58. The number of anilines is 2. The van der Waals surface area contributed by atoms with Crippen molar-refractivity contribution in [3.63, 3.8) is 0 Å². The zero-order valence-electron chi connectivity index (χ0n) is 13.9. The quantitative estimate of drug-likeness (QED) is 0.651. The van der Waals surface area contributed by atoms with E-state index in [4.69, 9.17) is 10.8 Å². The molecular weight excluding hydrogens is 264 g/mol. The van der Waals surface area contributed by atoms with E-state index in [0.29, 0.717) is 0 Å². The van der Waals surface area contributed by atoms with Gasteiger partial charge in [0.05, 0.1) is 0 Å². The number of piperazine rings is 1. The van der Waals surface area contributed by atoms with Crippen LogP contribution >= 0.6 is 0 Å². The first kappa shape index (κ1) is 16.0. The molecule has 2 heterocycles. The first-order valence-electron chi connectivity index (χ1n) is 7.71. The van der Waals surface area contributed by atoms with Crippen LogP contribution in [0.15, 0.2) is 0 Å². The van der Waals surface area contributed by atoms with E-state index < -0.39 is 0 Å². The fourth-order valence-corrected chi connectivity index (χ4v) is 2.75. The topological polar surface area (TPSA) is 70.3 Å². The summed E-state index contributed by atoms with van der Waals surface area (Å²) in [7, 11) is 0. The van der Waals surface area contributed by atoms with Gasteiger partial charge in [-0.3, -0.25) is 4.90 Å². The molecule has 0 unspecified atom stereocenters. The molecule has 6 heteroatoms. The Bertz CT molecular complexity index is 486. The van der Waals surface area contributed by atoms with Crippen molar-refractivity contribution in [3.05, 3.63) is 11.4 Å². The molecule has 0 spiro atoms. The van der Waals surface area contributed by atoms with Crippen molar-refractivity contribution in [2.75, 3.05) is 36.5 Å². The van der Waals surface area contributed by atoms with Gasteiger partial charge in [0.2, 0.25) is 0 Å². The largest absolute Gasteiger partial charge is 0.354 e. The third-order valence-electron chi connectivity index (χ3n) is 4.15. The minimum Gasteiger partial charge on any atom is -0.354 e. The molecule has 1 saturated heterocycles. The summed E-state index contributed by atoms with van der Waals surface area (Å²) >= 11 is 0. The van der Waals surface area contributed by atoms with Gasteiger partial charge >= 0.3 is 0 Å². The van der Waals surface area contributed by atoms with Gasteiger partial charge in [0.25, 0.3) is 0 Å². The van der Waals surface area contributed by atoms with E-state index in [1.807, 2.05) is 6.92 Å². The van der Waals surface area contributed by atoms with Crippen LogP contribution in [0.1, 0.15) is 39.1 Å². The number of nitrogens with zero attached hydrogens (tertiary/aromatic N) is 4. The second kappa shape index (κ2) is 6.15. The van der Waals surface area contributed by atoms with E-state index in [-0.39, 0.29) is 5.54 Å². The Morgan fingerprint density at radius 1 is 1.14 bits per heavy atom. The smallest absolute Gasteiger partial charge is 0.148 e. The maximum absolute atomic E-state index is 5.58. The summed E-state index contributed by atoms with van der Waals surface area (Å²) < 4.78 is 0. The lowest BCUT2D eigenvalue weighted by atomic mass is 10.0. The van der Waals surface area contributed by atoms with Crippen molar-refractivity contribution in [2.45, 2.75) is 46.6 Å². The minimum atomic E-state index is 0.228. The second-order valence-electron chi connectivity index (χ2n) is 6.58. The fraction of sp³-hybridized carbons (Fsp3) is 0.733. The van der Waals surface area contributed by atoms with Gasteiger partial charge in [0.1, 0.15) is 17.5 Å². The zero-order chi connectivity index (χ0) is 15.6. The van der Waals surface area contributed by atoms with Crippen LogP contribution in [0.5, 0.6) is 0 Å². The lowest BCUT2D eigenvalue weighted by molar-refractivity contribution is 0.128. The molecule has 1 aliphatic heterocycles. The number of hydrogen-bond acceptors (Lipinski definition) is 6. The standard InChI is InChI=1S/C15H28N6/c1-6-12-17-13(19-16)11(2)14(18-12)20-7-9-21(10-8-20)15(3,4)5/h6-10,16H2,1-5H3,(H,17,18,19). The Hall–Kier alpha value is -1.40. The monoisotopic (exact) mass is 292 g/mol. The van der Waals surface area contributed by atoms with E-state index >= 15 is 0 Å². The van der Waals surface area contributed by atoms with Crippen molar-refractivity contribution in [1.29, 1.82) is 0 Å². The average Bonchev–Trinajstić information content (AvgIpc) is 2.47. The van der Waals surface area contributed by atoms with Crippen LogP contribution < -0.4 is 16.2 Å². The number of hydrogen-bond donors (Lipinski definition) is 2.